The second-order valence-electron chi connectivity index (χ2n) is 3.35. The minimum absolute atomic E-state index is 0. The molecule has 0 aliphatic heterocycles. The molecule has 0 saturated heterocycles. The van der Waals surface area contributed by atoms with Gasteiger partial charge in [-0.25, -0.2) is 17.6 Å². The highest BCUT2D eigenvalue weighted by atomic mass is 35.5. The van der Waals surface area contributed by atoms with Crippen LogP contribution in [-0.4, -0.2) is 0 Å². The molecule has 0 radical (unpaired) electrons. The summed E-state index contributed by atoms with van der Waals surface area (Å²) >= 11 is 0. The third-order valence-electron chi connectivity index (χ3n) is 2.20. The largest absolute Gasteiger partial charge is 0.324 e. The van der Waals surface area contributed by atoms with Gasteiger partial charge >= 0.3 is 0 Å². The lowest BCUT2D eigenvalue weighted by molar-refractivity contribution is 0.423. The minimum Gasteiger partial charge on any atom is -0.324 e. The van der Waals surface area contributed by atoms with Gasteiger partial charge < -0.3 is 5.73 Å². The number of rotatable bonds is 4. The van der Waals surface area contributed by atoms with E-state index in [9.17, 15) is 17.6 Å². The van der Waals surface area contributed by atoms with E-state index < -0.39 is 34.9 Å². The zero-order chi connectivity index (χ0) is 12.3. The molecule has 0 amide bonds. The average molecular weight is 270 g/mol. The maximum absolute atomic E-state index is 13.2. The fourth-order valence-electron chi connectivity index (χ4n) is 1.36. The summed E-state index contributed by atoms with van der Waals surface area (Å²) in [6.07, 6.45) is 2.07. The van der Waals surface area contributed by atoms with Crippen LogP contribution in [0.2, 0.25) is 0 Å². The van der Waals surface area contributed by atoms with Crippen molar-refractivity contribution in [3.63, 3.8) is 0 Å². The molecule has 1 rings (SSSR count). The topological polar surface area (TPSA) is 26.0 Å². The van der Waals surface area contributed by atoms with Gasteiger partial charge in [-0.05, 0) is 12.8 Å². The van der Waals surface area contributed by atoms with Gasteiger partial charge in [-0.1, -0.05) is 6.08 Å². The van der Waals surface area contributed by atoms with Crippen molar-refractivity contribution in [1.29, 1.82) is 0 Å². The molecule has 2 N–H and O–H groups in total. The molecular weight excluding hydrogens is 258 g/mol. The van der Waals surface area contributed by atoms with Gasteiger partial charge in [-0.15, -0.1) is 19.0 Å². The van der Waals surface area contributed by atoms with Crippen molar-refractivity contribution < 1.29 is 17.6 Å². The van der Waals surface area contributed by atoms with Crippen LogP contribution in [-0.2, 0) is 0 Å². The van der Waals surface area contributed by atoms with Crippen LogP contribution in [0.5, 0.6) is 0 Å². The van der Waals surface area contributed by atoms with Crippen LogP contribution in [0, 0.1) is 23.3 Å². The van der Waals surface area contributed by atoms with Crippen molar-refractivity contribution in [2.45, 2.75) is 18.9 Å². The fraction of sp³-hybridized carbons (Fsp3) is 0.273. The quantitative estimate of drug-likeness (QED) is 0.504. The molecule has 0 aliphatic rings. The molecule has 0 heterocycles. The number of hydrogen-bond donors (Lipinski definition) is 1. The Morgan fingerprint density at radius 3 is 2.06 bits per heavy atom. The maximum Gasteiger partial charge on any atom is 0.166 e. The van der Waals surface area contributed by atoms with E-state index in [1.165, 1.54) is 6.08 Å². The van der Waals surface area contributed by atoms with Gasteiger partial charge in [0.15, 0.2) is 23.3 Å². The lowest BCUT2D eigenvalue weighted by atomic mass is 10.0. The Morgan fingerprint density at radius 2 is 1.65 bits per heavy atom. The lowest BCUT2D eigenvalue weighted by Crippen LogP contribution is -2.16. The third-order valence-corrected chi connectivity index (χ3v) is 2.20. The van der Waals surface area contributed by atoms with Crippen LogP contribution in [0.25, 0.3) is 0 Å². The summed E-state index contributed by atoms with van der Waals surface area (Å²) in [4.78, 5) is 0. The van der Waals surface area contributed by atoms with E-state index in [1.807, 2.05) is 0 Å². The molecule has 1 aromatic rings. The standard InChI is InChI=1S/C11H11F4N.ClH/c1-2-3-4-8(16)9-10(14)6(12)5-7(13)11(9)15;/h2,5,8H,1,3-4,16H2;1H/t8-;/m0./s1. The van der Waals surface area contributed by atoms with E-state index in [4.69, 9.17) is 5.73 Å². The summed E-state index contributed by atoms with van der Waals surface area (Å²) in [7, 11) is 0. The van der Waals surface area contributed by atoms with Crippen molar-refractivity contribution >= 4 is 12.4 Å². The van der Waals surface area contributed by atoms with Crippen molar-refractivity contribution in [2.75, 3.05) is 0 Å². The molecule has 0 aliphatic carbocycles. The number of allylic oxidation sites excluding steroid dienone is 1. The Balaban J connectivity index is 0.00000256. The first kappa shape index (κ1) is 15.9. The van der Waals surface area contributed by atoms with Crippen LogP contribution in [0.15, 0.2) is 18.7 Å². The van der Waals surface area contributed by atoms with Crippen molar-refractivity contribution in [1.82, 2.24) is 0 Å². The molecule has 1 atom stereocenters. The van der Waals surface area contributed by atoms with Gasteiger partial charge in [0, 0.05) is 17.7 Å². The van der Waals surface area contributed by atoms with Crippen molar-refractivity contribution in [3.05, 3.63) is 47.6 Å². The highest BCUT2D eigenvalue weighted by Crippen LogP contribution is 2.26. The molecule has 0 fully saturated rings. The molecule has 96 valence electrons. The number of halogens is 5. The van der Waals surface area contributed by atoms with E-state index in [0.29, 0.717) is 6.42 Å². The summed E-state index contributed by atoms with van der Waals surface area (Å²) in [5, 5.41) is 0. The molecule has 0 aromatic heterocycles. The fourth-order valence-corrected chi connectivity index (χ4v) is 1.36. The van der Waals surface area contributed by atoms with Crippen LogP contribution in [0.4, 0.5) is 17.6 Å². The van der Waals surface area contributed by atoms with Gasteiger partial charge in [0.1, 0.15) is 0 Å². The molecule has 1 nitrogen and oxygen atoms in total. The maximum atomic E-state index is 13.2. The van der Waals surface area contributed by atoms with E-state index in [1.54, 1.807) is 0 Å². The van der Waals surface area contributed by atoms with Crippen LogP contribution >= 0.6 is 12.4 Å². The van der Waals surface area contributed by atoms with Crippen LogP contribution in [0.1, 0.15) is 24.4 Å². The third kappa shape index (κ3) is 3.44. The van der Waals surface area contributed by atoms with Crippen LogP contribution < -0.4 is 5.73 Å². The first-order valence-electron chi connectivity index (χ1n) is 4.68. The highest BCUT2D eigenvalue weighted by Gasteiger charge is 2.23. The predicted molar refractivity (Wildman–Crippen MR) is 59.9 cm³/mol. The number of benzene rings is 1. The van der Waals surface area contributed by atoms with Gasteiger partial charge in [0.2, 0.25) is 0 Å². The Morgan fingerprint density at radius 1 is 1.18 bits per heavy atom. The Bertz CT molecular complexity index is 383. The van der Waals surface area contributed by atoms with Gasteiger partial charge in [-0.2, -0.15) is 0 Å². The average Bonchev–Trinajstić information content (AvgIpc) is 2.24. The van der Waals surface area contributed by atoms with Crippen molar-refractivity contribution in [2.24, 2.45) is 5.73 Å². The zero-order valence-electron chi connectivity index (χ0n) is 8.85. The Labute approximate surface area is 103 Å². The summed E-state index contributed by atoms with van der Waals surface area (Å²) < 4.78 is 52.2. The van der Waals surface area contributed by atoms with Gasteiger partial charge in [0.25, 0.3) is 0 Å². The molecule has 0 saturated carbocycles. The molecule has 1 aromatic carbocycles. The first-order valence-corrected chi connectivity index (χ1v) is 4.68. The monoisotopic (exact) mass is 269 g/mol. The second kappa shape index (κ2) is 6.61. The molecule has 0 spiro atoms. The Hall–Kier alpha value is -1.07. The minimum atomic E-state index is -1.44. The number of nitrogens with two attached hydrogens (primary N) is 1. The summed E-state index contributed by atoms with van der Waals surface area (Å²) in [5.41, 5.74) is 4.71. The molecule has 6 heteroatoms. The van der Waals surface area contributed by atoms with E-state index in [-0.39, 0.29) is 24.9 Å². The van der Waals surface area contributed by atoms with Gasteiger partial charge in [0.05, 0.1) is 0 Å². The normalized spacial score (nSPS) is 11.8. The smallest absolute Gasteiger partial charge is 0.166 e. The SMILES string of the molecule is C=CCC[C@H](N)c1c(F)c(F)cc(F)c1F.Cl. The number of hydrogen-bond acceptors (Lipinski definition) is 1. The molecular formula is C11H12ClF4N. The van der Waals surface area contributed by atoms with Gasteiger partial charge in [-0.3, -0.25) is 0 Å². The summed E-state index contributed by atoms with van der Waals surface area (Å²) in [5.74, 6) is -5.75. The first-order chi connectivity index (χ1) is 7.49. The Kier molecular flexibility index (Phi) is 6.20. The molecule has 0 unspecified atom stereocenters. The predicted octanol–water partition coefficient (Wildman–Crippen LogP) is 3.63. The molecule has 17 heavy (non-hydrogen) atoms. The van der Waals surface area contributed by atoms with E-state index in [2.05, 4.69) is 6.58 Å². The molecule has 0 bridgehead atoms. The van der Waals surface area contributed by atoms with Crippen LogP contribution in [0.3, 0.4) is 0 Å². The summed E-state index contributed by atoms with van der Waals surface area (Å²) in [6, 6.07) is -0.933. The van der Waals surface area contributed by atoms with Crippen molar-refractivity contribution in [3.8, 4) is 0 Å². The van der Waals surface area contributed by atoms with E-state index in [0.717, 1.165) is 0 Å². The van der Waals surface area contributed by atoms with E-state index >= 15 is 0 Å². The lowest BCUT2D eigenvalue weighted by Gasteiger charge is -2.13. The highest BCUT2D eigenvalue weighted by molar-refractivity contribution is 5.85. The summed E-state index contributed by atoms with van der Waals surface area (Å²) in [6.45, 7) is 3.42. The zero-order valence-corrected chi connectivity index (χ0v) is 9.67. The second-order valence-corrected chi connectivity index (χ2v) is 3.35.